The SMILES string of the molecule is O=C(Nc1ccc(Oc2ccc(-n3ccnc3)nn2)cc1)c1ccc(F)c(F)c1. The lowest BCUT2D eigenvalue weighted by molar-refractivity contribution is 0.102. The minimum absolute atomic E-state index is 0.0116. The molecule has 0 spiro atoms. The van der Waals surface area contributed by atoms with Gasteiger partial charge in [-0.15, -0.1) is 10.2 Å². The van der Waals surface area contributed by atoms with Gasteiger partial charge in [0.2, 0.25) is 5.88 Å². The summed E-state index contributed by atoms with van der Waals surface area (Å²) in [5.74, 6) is -1.26. The molecular weight excluding hydrogens is 380 g/mol. The third kappa shape index (κ3) is 4.24. The Hall–Kier alpha value is -4.14. The second-order valence-corrected chi connectivity index (χ2v) is 5.91. The third-order valence-electron chi connectivity index (χ3n) is 3.91. The van der Waals surface area contributed by atoms with Gasteiger partial charge >= 0.3 is 0 Å². The number of hydrogen-bond donors (Lipinski definition) is 1. The number of nitrogens with zero attached hydrogens (tertiary/aromatic N) is 4. The maximum absolute atomic E-state index is 13.3. The molecule has 9 heteroatoms. The van der Waals surface area contributed by atoms with Crippen molar-refractivity contribution in [2.24, 2.45) is 0 Å². The topological polar surface area (TPSA) is 81.9 Å². The van der Waals surface area contributed by atoms with Crippen LogP contribution >= 0.6 is 0 Å². The van der Waals surface area contributed by atoms with Crippen LogP contribution in [0.4, 0.5) is 14.5 Å². The first-order valence-corrected chi connectivity index (χ1v) is 8.45. The van der Waals surface area contributed by atoms with E-state index in [1.54, 1.807) is 59.7 Å². The fourth-order valence-corrected chi connectivity index (χ4v) is 2.47. The molecule has 0 fully saturated rings. The summed E-state index contributed by atoms with van der Waals surface area (Å²) in [6.07, 6.45) is 4.99. The first kappa shape index (κ1) is 18.2. The molecular formula is C20H13F2N5O2. The van der Waals surface area contributed by atoms with Crippen LogP contribution in [0.15, 0.2) is 73.3 Å². The quantitative estimate of drug-likeness (QED) is 0.555. The summed E-state index contributed by atoms with van der Waals surface area (Å²) in [7, 11) is 0. The zero-order valence-corrected chi connectivity index (χ0v) is 14.8. The van der Waals surface area contributed by atoms with Crippen LogP contribution in [0.1, 0.15) is 10.4 Å². The summed E-state index contributed by atoms with van der Waals surface area (Å²) in [5.41, 5.74) is 0.478. The molecule has 144 valence electrons. The number of amides is 1. The Morgan fingerprint density at radius 1 is 0.966 bits per heavy atom. The highest BCUT2D eigenvalue weighted by molar-refractivity contribution is 6.04. The Labute approximate surface area is 163 Å². The maximum atomic E-state index is 13.3. The van der Waals surface area contributed by atoms with E-state index in [1.165, 1.54) is 6.07 Å². The highest BCUT2D eigenvalue weighted by Gasteiger charge is 2.10. The fraction of sp³-hybridized carbons (Fsp3) is 0. The predicted molar refractivity (Wildman–Crippen MR) is 100.0 cm³/mol. The Kier molecular flexibility index (Phi) is 4.93. The molecule has 2 aromatic carbocycles. The van der Waals surface area contributed by atoms with Gasteiger partial charge in [0.25, 0.3) is 5.91 Å². The first-order valence-electron chi connectivity index (χ1n) is 8.45. The van der Waals surface area contributed by atoms with Crippen molar-refractivity contribution in [3.63, 3.8) is 0 Å². The van der Waals surface area contributed by atoms with Crippen molar-refractivity contribution in [1.82, 2.24) is 19.7 Å². The van der Waals surface area contributed by atoms with Gasteiger partial charge in [-0.3, -0.25) is 9.36 Å². The molecule has 0 aliphatic carbocycles. The average Bonchev–Trinajstić information content (AvgIpc) is 3.27. The number of imidazole rings is 1. The molecule has 0 atom stereocenters. The van der Waals surface area contributed by atoms with Crippen LogP contribution < -0.4 is 10.1 Å². The highest BCUT2D eigenvalue weighted by atomic mass is 19.2. The van der Waals surface area contributed by atoms with Crippen molar-refractivity contribution < 1.29 is 18.3 Å². The van der Waals surface area contributed by atoms with E-state index >= 15 is 0 Å². The third-order valence-corrected chi connectivity index (χ3v) is 3.91. The summed E-state index contributed by atoms with van der Waals surface area (Å²) in [4.78, 5) is 16.1. The summed E-state index contributed by atoms with van der Waals surface area (Å²) in [6, 6.07) is 12.8. The van der Waals surface area contributed by atoms with Gasteiger partial charge in [-0.1, -0.05) is 0 Å². The van der Waals surface area contributed by atoms with E-state index < -0.39 is 17.5 Å². The van der Waals surface area contributed by atoms with Crippen LogP contribution in [0, 0.1) is 11.6 Å². The Balaban J connectivity index is 1.40. The smallest absolute Gasteiger partial charge is 0.255 e. The minimum atomic E-state index is -1.08. The van der Waals surface area contributed by atoms with Crippen molar-refractivity contribution in [2.45, 2.75) is 0 Å². The number of aromatic nitrogens is 4. The second-order valence-electron chi connectivity index (χ2n) is 5.91. The molecule has 0 radical (unpaired) electrons. The van der Waals surface area contributed by atoms with Gasteiger partial charge in [0, 0.05) is 29.7 Å². The molecule has 7 nitrogen and oxygen atoms in total. The molecule has 0 unspecified atom stereocenters. The number of halogens is 2. The summed E-state index contributed by atoms with van der Waals surface area (Å²) < 4.78 is 33.6. The molecule has 1 amide bonds. The van der Waals surface area contributed by atoms with E-state index in [1.807, 2.05) is 0 Å². The lowest BCUT2D eigenvalue weighted by Crippen LogP contribution is -2.12. The molecule has 0 bridgehead atoms. The summed E-state index contributed by atoms with van der Waals surface area (Å²) >= 11 is 0. The Morgan fingerprint density at radius 3 is 2.45 bits per heavy atom. The maximum Gasteiger partial charge on any atom is 0.255 e. The zero-order valence-electron chi connectivity index (χ0n) is 14.8. The molecule has 0 aliphatic heterocycles. The molecule has 2 heterocycles. The average molecular weight is 393 g/mol. The van der Waals surface area contributed by atoms with Crippen molar-refractivity contribution in [2.75, 3.05) is 5.32 Å². The molecule has 0 saturated heterocycles. The van der Waals surface area contributed by atoms with Crippen LogP contribution in [0.5, 0.6) is 11.6 Å². The number of anilines is 1. The van der Waals surface area contributed by atoms with Gasteiger partial charge in [0.05, 0.1) is 0 Å². The van der Waals surface area contributed by atoms with Gasteiger partial charge in [-0.25, -0.2) is 13.8 Å². The molecule has 29 heavy (non-hydrogen) atoms. The minimum Gasteiger partial charge on any atom is -0.438 e. The highest BCUT2D eigenvalue weighted by Crippen LogP contribution is 2.22. The Bertz CT molecular complexity index is 1130. The van der Waals surface area contributed by atoms with Crippen LogP contribution in [0.3, 0.4) is 0 Å². The van der Waals surface area contributed by atoms with Crippen LogP contribution in [0.25, 0.3) is 5.82 Å². The summed E-state index contributed by atoms with van der Waals surface area (Å²) in [6.45, 7) is 0. The summed E-state index contributed by atoms with van der Waals surface area (Å²) in [5, 5.41) is 10.7. The van der Waals surface area contributed by atoms with Gasteiger partial charge < -0.3 is 10.1 Å². The zero-order chi connectivity index (χ0) is 20.2. The van der Waals surface area contributed by atoms with Gasteiger partial charge in [-0.05, 0) is 48.5 Å². The number of benzene rings is 2. The van der Waals surface area contributed by atoms with E-state index in [-0.39, 0.29) is 5.56 Å². The number of ether oxygens (including phenoxy) is 1. The normalized spacial score (nSPS) is 10.6. The van der Waals surface area contributed by atoms with E-state index in [0.717, 1.165) is 12.1 Å². The van der Waals surface area contributed by atoms with E-state index in [4.69, 9.17) is 4.74 Å². The standard InChI is InChI=1S/C20H13F2N5O2/c21-16-6-1-13(11-17(16)22)20(28)24-14-2-4-15(5-3-14)29-19-8-7-18(25-26-19)27-10-9-23-12-27/h1-12H,(H,24,28). The predicted octanol–water partition coefficient (Wildman–Crippen LogP) is 3.99. The van der Waals surface area contributed by atoms with Crippen molar-refractivity contribution in [3.05, 3.63) is 90.5 Å². The van der Waals surface area contributed by atoms with Crippen LogP contribution in [0.2, 0.25) is 0 Å². The van der Waals surface area contributed by atoms with Crippen LogP contribution in [-0.2, 0) is 0 Å². The number of rotatable bonds is 5. The number of carbonyl (C=O) groups excluding carboxylic acids is 1. The van der Waals surface area contributed by atoms with Crippen molar-refractivity contribution in [1.29, 1.82) is 0 Å². The van der Waals surface area contributed by atoms with E-state index in [9.17, 15) is 13.6 Å². The molecule has 0 aliphatic rings. The lowest BCUT2D eigenvalue weighted by Gasteiger charge is -2.08. The van der Waals surface area contributed by atoms with Gasteiger partial charge in [0.15, 0.2) is 17.5 Å². The number of carbonyl (C=O) groups is 1. The molecule has 4 rings (SSSR count). The molecule has 2 aromatic heterocycles. The van der Waals surface area contributed by atoms with Crippen molar-refractivity contribution in [3.8, 4) is 17.4 Å². The lowest BCUT2D eigenvalue weighted by atomic mass is 10.2. The van der Waals surface area contributed by atoms with E-state index in [0.29, 0.717) is 23.1 Å². The van der Waals surface area contributed by atoms with Gasteiger partial charge in [0.1, 0.15) is 12.1 Å². The van der Waals surface area contributed by atoms with Crippen molar-refractivity contribution >= 4 is 11.6 Å². The largest absolute Gasteiger partial charge is 0.438 e. The monoisotopic (exact) mass is 393 g/mol. The molecule has 4 aromatic rings. The second kappa shape index (κ2) is 7.85. The first-order chi connectivity index (χ1) is 14.1. The molecule has 1 N–H and O–H groups in total. The Morgan fingerprint density at radius 2 is 1.79 bits per heavy atom. The van der Waals surface area contributed by atoms with E-state index in [2.05, 4.69) is 20.5 Å². The fourth-order valence-electron chi connectivity index (χ4n) is 2.47. The number of nitrogens with one attached hydrogen (secondary N) is 1. The van der Waals surface area contributed by atoms with Gasteiger partial charge in [-0.2, -0.15) is 0 Å². The molecule has 0 saturated carbocycles. The number of hydrogen-bond acceptors (Lipinski definition) is 5. The van der Waals surface area contributed by atoms with Crippen LogP contribution in [-0.4, -0.2) is 25.7 Å².